The van der Waals surface area contributed by atoms with Crippen LogP contribution in [0, 0.1) is 11.3 Å². The zero-order valence-electron chi connectivity index (χ0n) is 12.4. The Balaban J connectivity index is 1.95. The molecule has 0 saturated heterocycles. The van der Waals surface area contributed by atoms with Crippen LogP contribution in [0.25, 0.3) is 11.1 Å². The number of esters is 1. The Kier molecular flexibility index (Phi) is 5.48. The molecule has 0 unspecified atom stereocenters. The van der Waals surface area contributed by atoms with Crippen molar-refractivity contribution in [2.24, 2.45) is 0 Å². The number of hydrogen-bond acceptors (Lipinski definition) is 4. The Morgan fingerprint density at radius 2 is 1.52 bits per heavy atom. The van der Waals surface area contributed by atoms with Gasteiger partial charge in [0.25, 0.3) is 0 Å². The van der Waals surface area contributed by atoms with Crippen LogP contribution in [0.15, 0.2) is 48.5 Å². The molecule has 5 nitrogen and oxygen atoms in total. The number of ether oxygens (including phenoxy) is 1. The summed E-state index contributed by atoms with van der Waals surface area (Å²) in [5.74, 6) is -0.954. The van der Waals surface area contributed by atoms with Gasteiger partial charge in [0.1, 0.15) is 5.75 Å². The van der Waals surface area contributed by atoms with E-state index in [9.17, 15) is 9.59 Å². The lowest BCUT2D eigenvalue weighted by atomic mass is 10.0. The first-order valence-corrected chi connectivity index (χ1v) is 7.11. The van der Waals surface area contributed by atoms with Crippen molar-refractivity contribution in [3.05, 3.63) is 54.1 Å². The lowest BCUT2D eigenvalue weighted by Gasteiger charge is -2.06. The number of aliphatic carboxylic acids is 1. The maximum Gasteiger partial charge on any atom is 0.311 e. The van der Waals surface area contributed by atoms with Crippen LogP contribution in [0.5, 0.6) is 5.75 Å². The van der Waals surface area contributed by atoms with Gasteiger partial charge in [0.15, 0.2) is 0 Å². The smallest absolute Gasteiger partial charge is 0.311 e. The van der Waals surface area contributed by atoms with Crippen LogP contribution in [0.3, 0.4) is 0 Å². The third-order valence-corrected chi connectivity index (χ3v) is 3.20. The van der Waals surface area contributed by atoms with Crippen LogP contribution in [0.2, 0.25) is 0 Å². The molecule has 0 bridgehead atoms. The monoisotopic (exact) mass is 309 g/mol. The van der Waals surface area contributed by atoms with Crippen LogP contribution in [0.1, 0.15) is 24.8 Å². The third kappa shape index (κ3) is 4.97. The van der Waals surface area contributed by atoms with Crippen LogP contribution >= 0.6 is 0 Å². The molecule has 23 heavy (non-hydrogen) atoms. The Morgan fingerprint density at radius 3 is 2.04 bits per heavy atom. The minimum absolute atomic E-state index is 0.0489. The maximum atomic E-state index is 11.6. The van der Waals surface area contributed by atoms with Gasteiger partial charge in [0, 0.05) is 12.8 Å². The second kappa shape index (κ2) is 7.76. The summed E-state index contributed by atoms with van der Waals surface area (Å²) in [6, 6.07) is 16.3. The molecule has 0 aromatic heterocycles. The first-order valence-electron chi connectivity index (χ1n) is 7.11. The minimum Gasteiger partial charge on any atom is -0.481 e. The van der Waals surface area contributed by atoms with Gasteiger partial charge in [-0.25, -0.2) is 0 Å². The summed E-state index contributed by atoms with van der Waals surface area (Å²) in [5, 5.41) is 17.3. The van der Waals surface area contributed by atoms with Gasteiger partial charge in [-0.15, -0.1) is 0 Å². The highest BCUT2D eigenvalue weighted by molar-refractivity contribution is 5.74. The molecular formula is C18H15NO4. The van der Waals surface area contributed by atoms with Gasteiger partial charge in [-0.2, -0.15) is 5.26 Å². The van der Waals surface area contributed by atoms with Crippen molar-refractivity contribution in [3.8, 4) is 22.9 Å². The topological polar surface area (TPSA) is 87.4 Å². The van der Waals surface area contributed by atoms with Crippen molar-refractivity contribution in [2.45, 2.75) is 19.3 Å². The van der Waals surface area contributed by atoms with Crippen molar-refractivity contribution in [3.63, 3.8) is 0 Å². The van der Waals surface area contributed by atoms with Crippen molar-refractivity contribution < 1.29 is 19.4 Å². The van der Waals surface area contributed by atoms with Crippen molar-refractivity contribution in [1.29, 1.82) is 5.26 Å². The molecule has 0 aliphatic rings. The van der Waals surface area contributed by atoms with Gasteiger partial charge < -0.3 is 9.84 Å². The van der Waals surface area contributed by atoms with E-state index in [0.717, 1.165) is 11.1 Å². The van der Waals surface area contributed by atoms with Crippen molar-refractivity contribution in [1.82, 2.24) is 0 Å². The molecule has 116 valence electrons. The SMILES string of the molecule is N#Cc1ccc(-c2ccc(OC(=O)CCCC(=O)O)cc2)cc1. The largest absolute Gasteiger partial charge is 0.481 e. The number of benzene rings is 2. The molecule has 0 atom stereocenters. The summed E-state index contributed by atoms with van der Waals surface area (Å²) in [6.07, 6.45) is 0.286. The van der Waals surface area contributed by atoms with Gasteiger partial charge in [-0.1, -0.05) is 24.3 Å². The predicted octanol–water partition coefficient (Wildman–Crippen LogP) is 3.39. The highest BCUT2D eigenvalue weighted by Crippen LogP contribution is 2.23. The van der Waals surface area contributed by atoms with Crippen LogP contribution < -0.4 is 4.74 Å². The Hall–Kier alpha value is -3.13. The number of carbonyl (C=O) groups excluding carboxylic acids is 1. The predicted molar refractivity (Wildman–Crippen MR) is 83.7 cm³/mol. The molecule has 2 aromatic carbocycles. The molecule has 1 N–H and O–H groups in total. The molecule has 0 saturated carbocycles. The van der Waals surface area contributed by atoms with E-state index in [1.165, 1.54) is 0 Å². The highest BCUT2D eigenvalue weighted by atomic mass is 16.5. The molecule has 0 radical (unpaired) electrons. The highest BCUT2D eigenvalue weighted by Gasteiger charge is 2.07. The molecule has 5 heteroatoms. The van der Waals surface area contributed by atoms with Crippen LogP contribution in [-0.2, 0) is 9.59 Å². The fraction of sp³-hybridized carbons (Fsp3) is 0.167. The van der Waals surface area contributed by atoms with Gasteiger partial charge in [0.05, 0.1) is 11.6 Å². The second-order valence-corrected chi connectivity index (χ2v) is 4.93. The number of rotatable bonds is 6. The summed E-state index contributed by atoms with van der Waals surface area (Å²) >= 11 is 0. The van der Waals surface area contributed by atoms with E-state index in [1.807, 2.05) is 24.3 Å². The van der Waals surface area contributed by atoms with Gasteiger partial charge >= 0.3 is 11.9 Å². The second-order valence-electron chi connectivity index (χ2n) is 4.93. The summed E-state index contributed by atoms with van der Waals surface area (Å²) in [6.45, 7) is 0. The van der Waals surface area contributed by atoms with E-state index >= 15 is 0 Å². The normalized spacial score (nSPS) is 9.87. The average Bonchev–Trinajstić information content (AvgIpc) is 2.55. The van der Waals surface area contributed by atoms with E-state index in [1.54, 1.807) is 24.3 Å². The fourth-order valence-electron chi connectivity index (χ4n) is 2.02. The first kappa shape index (κ1) is 16.2. The number of carboxylic acids is 1. The number of hydrogen-bond donors (Lipinski definition) is 1. The van der Waals surface area contributed by atoms with Gasteiger partial charge in [0.2, 0.25) is 0 Å². The quantitative estimate of drug-likeness (QED) is 0.653. The van der Waals surface area contributed by atoms with Crippen LogP contribution in [-0.4, -0.2) is 17.0 Å². The summed E-state index contributed by atoms with van der Waals surface area (Å²) in [7, 11) is 0. The Morgan fingerprint density at radius 1 is 0.957 bits per heavy atom. The zero-order valence-corrected chi connectivity index (χ0v) is 12.4. The van der Waals surface area contributed by atoms with Crippen molar-refractivity contribution in [2.75, 3.05) is 0 Å². The van der Waals surface area contributed by atoms with E-state index in [4.69, 9.17) is 15.1 Å². The maximum absolute atomic E-state index is 11.6. The summed E-state index contributed by atoms with van der Waals surface area (Å²) in [4.78, 5) is 22.0. The number of nitriles is 1. The average molecular weight is 309 g/mol. The molecule has 2 rings (SSSR count). The molecular weight excluding hydrogens is 294 g/mol. The summed E-state index contributed by atoms with van der Waals surface area (Å²) < 4.78 is 5.15. The Labute approximate surface area is 133 Å². The Bertz CT molecular complexity index is 727. The lowest BCUT2D eigenvalue weighted by Crippen LogP contribution is -2.08. The van der Waals surface area contributed by atoms with Gasteiger partial charge in [-0.3, -0.25) is 9.59 Å². The van der Waals surface area contributed by atoms with Crippen LogP contribution in [0.4, 0.5) is 0 Å². The van der Waals surface area contributed by atoms with Crippen molar-refractivity contribution >= 4 is 11.9 Å². The molecule has 2 aromatic rings. The molecule has 0 amide bonds. The first-order chi connectivity index (χ1) is 11.1. The van der Waals surface area contributed by atoms with E-state index in [2.05, 4.69) is 6.07 Å². The summed E-state index contributed by atoms with van der Waals surface area (Å²) in [5.41, 5.74) is 2.50. The zero-order chi connectivity index (χ0) is 16.7. The third-order valence-electron chi connectivity index (χ3n) is 3.20. The minimum atomic E-state index is -0.926. The van der Waals surface area contributed by atoms with E-state index in [-0.39, 0.29) is 19.3 Å². The number of carboxylic acid groups (broad SMARTS) is 1. The fourth-order valence-corrected chi connectivity index (χ4v) is 2.02. The number of carbonyl (C=O) groups is 2. The van der Waals surface area contributed by atoms with Gasteiger partial charge in [-0.05, 0) is 41.8 Å². The lowest BCUT2D eigenvalue weighted by molar-refractivity contribution is -0.137. The van der Waals surface area contributed by atoms with E-state index in [0.29, 0.717) is 11.3 Å². The molecule has 0 aliphatic carbocycles. The standard InChI is InChI=1S/C18H15NO4/c19-12-13-4-6-14(7-5-13)15-8-10-16(11-9-15)23-18(22)3-1-2-17(20)21/h4-11H,1-3H2,(H,20,21). The molecule has 0 heterocycles. The van der Waals surface area contributed by atoms with E-state index < -0.39 is 11.9 Å². The molecule has 0 fully saturated rings. The molecule has 0 aliphatic heterocycles. The number of nitrogens with zero attached hydrogens (tertiary/aromatic N) is 1. The molecule has 0 spiro atoms.